The molecule has 0 saturated carbocycles. The normalized spacial score (nSPS) is 19.5. The Bertz CT molecular complexity index is 694. The highest BCUT2D eigenvalue weighted by atomic mass is 19.4. The van der Waals surface area contributed by atoms with Crippen molar-refractivity contribution >= 4 is 17.5 Å². The molecule has 154 valence electrons. The zero-order valence-corrected chi connectivity index (χ0v) is 15.8. The summed E-state index contributed by atoms with van der Waals surface area (Å²) in [6, 6.07) is 4.96. The van der Waals surface area contributed by atoms with Crippen molar-refractivity contribution in [2.75, 3.05) is 38.0 Å². The number of para-hydroxylation sites is 1. The third-order valence-electron chi connectivity index (χ3n) is 5.48. The maximum atomic E-state index is 13.0. The molecule has 0 aliphatic carbocycles. The average Bonchev–Trinajstić information content (AvgIpc) is 2.68. The fourth-order valence-electron chi connectivity index (χ4n) is 3.94. The molecule has 5 nitrogen and oxygen atoms in total. The van der Waals surface area contributed by atoms with E-state index in [1.165, 1.54) is 24.6 Å². The molecule has 2 heterocycles. The summed E-state index contributed by atoms with van der Waals surface area (Å²) in [5, 5.41) is 2.37. The van der Waals surface area contributed by atoms with Gasteiger partial charge in [-0.25, -0.2) is 0 Å². The largest absolute Gasteiger partial charge is 0.418 e. The van der Waals surface area contributed by atoms with E-state index in [1.807, 2.05) is 9.80 Å². The van der Waals surface area contributed by atoms with E-state index < -0.39 is 17.6 Å². The number of nitrogens with zero attached hydrogens (tertiary/aromatic N) is 2. The Kier molecular flexibility index (Phi) is 6.59. The lowest BCUT2D eigenvalue weighted by Crippen LogP contribution is -2.45. The molecule has 3 rings (SSSR count). The summed E-state index contributed by atoms with van der Waals surface area (Å²) in [7, 11) is 0. The summed E-state index contributed by atoms with van der Waals surface area (Å²) in [6.45, 7) is 2.88. The molecule has 2 aliphatic heterocycles. The molecule has 1 N–H and O–H groups in total. The van der Waals surface area contributed by atoms with Gasteiger partial charge in [0, 0.05) is 19.0 Å². The van der Waals surface area contributed by atoms with Gasteiger partial charge in [-0.3, -0.25) is 14.5 Å². The van der Waals surface area contributed by atoms with Crippen LogP contribution in [0, 0.1) is 5.92 Å². The van der Waals surface area contributed by atoms with Crippen molar-refractivity contribution in [2.24, 2.45) is 5.92 Å². The number of nitrogens with one attached hydrogen (secondary N) is 1. The van der Waals surface area contributed by atoms with Gasteiger partial charge < -0.3 is 10.2 Å². The molecule has 0 aromatic heterocycles. The number of rotatable bonds is 4. The number of piperidine rings is 2. The number of alkyl halides is 3. The van der Waals surface area contributed by atoms with Crippen LogP contribution in [0.2, 0.25) is 0 Å². The number of carbonyl (C=O) groups is 2. The second kappa shape index (κ2) is 8.94. The zero-order valence-electron chi connectivity index (χ0n) is 15.8. The standard InChI is InChI=1S/C20H26F3N3O2/c21-20(22,23)16-6-2-3-7-17(16)24-18(27)14-25-12-8-15(9-13-25)19(28)26-10-4-1-5-11-26/h2-3,6-7,15H,1,4-5,8-14H2,(H,24,27). The van der Waals surface area contributed by atoms with Crippen LogP contribution in [0.15, 0.2) is 24.3 Å². The van der Waals surface area contributed by atoms with Gasteiger partial charge in [-0.1, -0.05) is 12.1 Å². The van der Waals surface area contributed by atoms with Crippen LogP contribution >= 0.6 is 0 Å². The smallest absolute Gasteiger partial charge is 0.342 e. The third kappa shape index (κ3) is 5.25. The Morgan fingerprint density at radius 2 is 1.64 bits per heavy atom. The molecule has 0 bridgehead atoms. The van der Waals surface area contributed by atoms with Gasteiger partial charge in [-0.2, -0.15) is 13.2 Å². The van der Waals surface area contributed by atoms with Crippen molar-refractivity contribution < 1.29 is 22.8 Å². The van der Waals surface area contributed by atoms with E-state index in [4.69, 9.17) is 0 Å². The van der Waals surface area contributed by atoms with Gasteiger partial charge in [0.05, 0.1) is 17.8 Å². The number of hydrogen-bond donors (Lipinski definition) is 1. The second-order valence-electron chi connectivity index (χ2n) is 7.53. The summed E-state index contributed by atoms with van der Waals surface area (Å²) in [4.78, 5) is 28.6. The molecule has 1 aromatic rings. The number of halogens is 3. The molecule has 2 fully saturated rings. The SMILES string of the molecule is O=C(CN1CCC(C(=O)N2CCCCC2)CC1)Nc1ccccc1C(F)(F)F. The molecule has 0 atom stereocenters. The quantitative estimate of drug-likeness (QED) is 0.848. The molecule has 0 spiro atoms. The highest BCUT2D eigenvalue weighted by molar-refractivity contribution is 5.93. The van der Waals surface area contributed by atoms with Crippen LogP contribution in [-0.2, 0) is 15.8 Å². The monoisotopic (exact) mass is 397 g/mol. The van der Waals surface area contributed by atoms with Crippen molar-refractivity contribution in [3.8, 4) is 0 Å². The highest BCUT2D eigenvalue weighted by Gasteiger charge is 2.34. The lowest BCUT2D eigenvalue weighted by Gasteiger charge is -2.35. The van der Waals surface area contributed by atoms with E-state index >= 15 is 0 Å². The molecule has 0 radical (unpaired) electrons. The van der Waals surface area contributed by atoms with Crippen molar-refractivity contribution in [1.82, 2.24) is 9.80 Å². The maximum absolute atomic E-state index is 13.0. The molecule has 28 heavy (non-hydrogen) atoms. The molecule has 0 unspecified atom stereocenters. The highest BCUT2D eigenvalue weighted by Crippen LogP contribution is 2.34. The van der Waals surface area contributed by atoms with Gasteiger partial charge in [0.15, 0.2) is 0 Å². The van der Waals surface area contributed by atoms with E-state index in [9.17, 15) is 22.8 Å². The van der Waals surface area contributed by atoms with Crippen LogP contribution in [0.1, 0.15) is 37.7 Å². The lowest BCUT2D eigenvalue weighted by molar-refractivity contribution is -0.138. The van der Waals surface area contributed by atoms with Gasteiger partial charge in [-0.15, -0.1) is 0 Å². The zero-order chi connectivity index (χ0) is 20.1. The van der Waals surface area contributed by atoms with Crippen molar-refractivity contribution in [3.05, 3.63) is 29.8 Å². The molecule has 2 saturated heterocycles. The fraction of sp³-hybridized carbons (Fsp3) is 0.600. The van der Waals surface area contributed by atoms with Crippen molar-refractivity contribution in [3.63, 3.8) is 0 Å². The van der Waals surface area contributed by atoms with Crippen LogP contribution in [0.5, 0.6) is 0 Å². The summed E-state index contributed by atoms with van der Waals surface area (Å²) < 4.78 is 39.1. The van der Waals surface area contributed by atoms with Gasteiger partial charge in [0.2, 0.25) is 11.8 Å². The molecular formula is C20H26F3N3O2. The molecule has 2 amide bonds. The van der Waals surface area contributed by atoms with Crippen LogP contribution < -0.4 is 5.32 Å². The van der Waals surface area contributed by atoms with E-state index in [-0.39, 0.29) is 24.1 Å². The molecule has 8 heteroatoms. The first-order chi connectivity index (χ1) is 13.3. The summed E-state index contributed by atoms with van der Waals surface area (Å²) >= 11 is 0. The lowest BCUT2D eigenvalue weighted by atomic mass is 9.94. The van der Waals surface area contributed by atoms with Gasteiger partial charge >= 0.3 is 6.18 Å². The summed E-state index contributed by atoms with van der Waals surface area (Å²) in [5.74, 6) is -0.274. The van der Waals surface area contributed by atoms with Gasteiger partial charge in [0.25, 0.3) is 0 Å². The number of carbonyl (C=O) groups excluding carboxylic acids is 2. The predicted octanol–water partition coefficient (Wildman–Crippen LogP) is 3.37. The Labute approximate surface area is 162 Å². The number of benzene rings is 1. The Morgan fingerprint density at radius 1 is 1.00 bits per heavy atom. The fourth-order valence-corrected chi connectivity index (χ4v) is 3.94. The van der Waals surface area contributed by atoms with Crippen LogP contribution in [0.25, 0.3) is 0 Å². The maximum Gasteiger partial charge on any atom is 0.418 e. The summed E-state index contributed by atoms with van der Waals surface area (Å²) in [6.07, 6.45) is 0.143. The van der Waals surface area contributed by atoms with Crippen LogP contribution in [-0.4, -0.2) is 54.3 Å². The minimum absolute atomic E-state index is 0.0108. The predicted molar refractivity (Wildman–Crippen MR) is 99.7 cm³/mol. The molecule has 2 aliphatic rings. The van der Waals surface area contributed by atoms with Gasteiger partial charge in [0.1, 0.15) is 0 Å². The van der Waals surface area contributed by atoms with Crippen LogP contribution in [0.3, 0.4) is 0 Å². The van der Waals surface area contributed by atoms with Crippen LogP contribution in [0.4, 0.5) is 18.9 Å². The van der Waals surface area contributed by atoms with Crippen molar-refractivity contribution in [2.45, 2.75) is 38.3 Å². The van der Waals surface area contributed by atoms with Crippen molar-refractivity contribution in [1.29, 1.82) is 0 Å². The van der Waals surface area contributed by atoms with E-state index in [0.29, 0.717) is 25.9 Å². The minimum atomic E-state index is -4.52. The Morgan fingerprint density at radius 3 is 2.29 bits per heavy atom. The first-order valence-corrected chi connectivity index (χ1v) is 9.82. The third-order valence-corrected chi connectivity index (χ3v) is 5.48. The average molecular weight is 397 g/mol. The number of anilines is 1. The number of hydrogen-bond acceptors (Lipinski definition) is 3. The molecular weight excluding hydrogens is 371 g/mol. The second-order valence-corrected chi connectivity index (χ2v) is 7.53. The van der Waals surface area contributed by atoms with Gasteiger partial charge in [-0.05, 0) is 57.3 Å². The van der Waals surface area contributed by atoms with E-state index in [1.54, 1.807) is 0 Å². The topological polar surface area (TPSA) is 52.7 Å². The summed E-state index contributed by atoms with van der Waals surface area (Å²) in [5.41, 5.74) is -1.08. The number of amides is 2. The molecule has 1 aromatic carbocycles. The van der Waals surface area contributed by atoms with E-state index in [0.717, 1.165) is 32.0 Å². The minimum Gasteiger partial charge on any atom is -0.342 e. The first-order valence-electron chi connectivity index (χ1n) is 9.82. The first kappa shape index (κ1) is 20.6. The number of likely N-dealkylation sites (tertiary alicyclic amines) is 2. The Hall–Kier alpha value is -2.09. The van der Waals surface area contributed by atoms with E-state index in [2.05, 4.69) is 5.32 Å². The Balaban J connectivity index is 1.48.